The van der Waals surface area contributed by atoms with Gasteiger partial charge in [-0.2, -0.15) is 0 Å². The predicted octanol–water partition coefficient (Wildman–Crippen LogP) is 2.12. The fourth-order valence-corrected chi connectivity index (χ4v) is 2.44. The van der Waals surface area contributed by atoms with E-state index < -0.39 is 5.69 Å². The van der Waals surface area contributed by atoms with Crippen molar-refractivity contribution in [1.82, 2.24) is 9.97 Å². The first-order chi connectivity index (χ1) is 9.54. The Morgan fingerprint density at radius 3 is 2.95 bits per heavy atom. The number of rotatable bonds is 4. The summed E-state index contributed by atoms with van der Waals surface area (Å²) < 4.78 is 0. The second-order valence-corrected chi connectivity index (χ2v) is 5.39. The van der Waals surface area contributed by atoms with Gasteiger partial charge in [0.15, 0.2) is 0 Å². The van der Waals surface area contributed by atoms with Crippen molar-refractivity contribution in [3.05, 3.63) is 52.1 Å². The number of carbonyl (C=O) groups is 1. The molecule has 0 aliphatic rings. The highest BCUT2D eigenvalue weighted by atomic mass is 32.2. The predicted molar refractivity (Wildman–Crippen MR) is 80.1 cm³/mol. The number of nitrogens with one attached hydrogen (secondary N) is 2. The van der Waals surface area contributed by atoms with Crippen LogP contribution in [0.5, 0.6) is 0 Å². The quantitative estimate of drug-likeness (QED) is 0.668. The maximum Gasteiger partial charge on any atom is 0.345 e. The van der Waals surface area contributed by atoms with Crippen LogP contribution in [0.1, 0.15) is 11.1 Å². The first-order valence-electron chi connectivity index (χ1n) is 6.10. The smallest absolute Gasteiger partial charge is 0.325 e. The third kappa shape index (κ3) is 3.96. The normalized spacial score (nSPS) is 10.3. The van der Waals surface area contributed by atoms with Crippen LogP contribution in [-0.4, -0.2) is 21.6 Å². The average Bonchev–Trinajstić information content (AvgIpc) is 2.40. The number of benzene rings is 1. The fourth-order valence-electron chi connectivity index (χ4n) is 1.65. The van der Waals surface area contributed by atoms with E-state index in [9.17, 15) is 9.59 Å². The monoisotopic (exact) mass is 289 g/mol. The van der Waals surface area contributed by atoms with E-state index in [0.29, 0.717) is 5.03 Å². The van der Waals surface area contributed by atoms with E-state index in [4.69, 9.17) is 0 Å². The first kappa shape index (κ1) is 14.3. The fraction of sp³-hybridized carbons (Fsp3) is 0.214. The number of aryl methyl sites for hydroxylation is 2. The molecule has 2 rings (SSSR count). The number of aromatic nitrogens is 2. The molecule has 0 radical (unpaired) electrons. The van der Waals surface area contributed by atoms with Crippen LogP contribution in [0.4, 0.5) is 5.69 Å². The topological polar surface area (TPSA) is 74.8 Å². The Hall–Kier alpha value is -2.08. The summed E-state index contributed by atoms with van der Waals surface area (Å²) in [4.78, 5) is 29.2. The van der Waals surface area contributed by atoms with Crippen molar-refractivity contribution in [3.8, 4) is 0 Å². The van der Waals surface area contributed by atoms with Gasteiger partial charge in [-0.1, -0.05) is 23.9 Å². The van der Waals surface area contributed by atoms with E-state index in [2.05, 4.69) is 15.3 Å². The molecular weight excluding hydrogens is 274 g/mol. The molecule has 6 heteroatoms. The van der Waals surface area contributed by atoms with Crippen molar-refractivity contribution in [2.45, 2.75) is 18.9 Å². The van der Waals surface area contributed by atoms with E-state index in [1.165, 1.54) is 18.0 Å². The summed E-state index contributed by atoms with van der Waals surface area (Å²) >= 11 is 1.29. The first-order valence-corrected chi connectivity index (χ1v) is 7.08. The van der Waals surface area contributed by atoms with Crippen LogP contribution >= 0.6 is 11.8 Å². The number of aromatic amines is 1. The molecular formula is C14H15N3O2S. The maximum atomic E-state index is 11.9. The summed E-state index contributed by atoms with van der Waals surface area (Å²) in [7, 11) is 0. The number of hydrogen-bond acceptors (Lipinski definition) is 4. The summed E-state index contributed by atoms with van der Waals surface area (Å²) in [5.74, 6) is 0.118. The number of thioether (sulfide) groups is 1. The van der Waals surface area contributed by atoms with E-state index in [1.54, 1.807) is 0 Å². The van der Waals surface area contributed by atoms with E-state index >= 15 is 0 Å². The second-order valence-electron chi connectivity index (χ2n) is 4.41. The second kappa shape index (κ2) is 6.38. The highest BCUT2D eigenvalue weighted by Gasteiger charge is 2.06. The Kier molecular flexibility index (Phi) is 4.57. The zero-order valence-electron chi connectivity index (χ0n) is 11.3. The van der Waals surface area contributed by atoms with Gasteiger partial charge in [0.25, 0.3) is 0 Å². The van der Waals surface area contributed by atoms with Crippen molar-refractivity contribution in [2.24, 2.45) is 0 Å². The minimum absolute atomic E-state index is 0.113. The van der Waals surface area contributed by atoms with Crippen LogP contribution in [0.3, 0.4) is 0 Å². The molecule has 1 heterocycles. The summed E-state index contributed by atoms with van der Waals surface area (Å²) in [5, 5.41) is 3.49. The molecule has 5 nitrogen and oxygen atoms in total. The summed E-state index contributed by atoms with van der Waals surface area (Å²) in [6.07, 6.45) is 1.50. The van der Waals surface area contributed by atoms with Crippen molar-refractivity contribution >= 4 is 23.4 Å². The molecule has 104 valence electrons. The van der Waals surface area contributed by atoms with Crippen molar-refractivity contribution < 1.29 is 4.79 Å². The van der Waals surface area contributed by atoms with E-state index in [1.807, 2.05) is 38.1 Å². The van der Waals surface area contributed by atoms with Crippen LogP contribution in [0.25, 0.3) is 0 Å². The van der Waals surface area contributed by atoms with Crippen molar-refractivity contribution in [3.63, 3.8) is 0 Å². The summed E-state index contributed by atoms with van der Waals surface area (Å²) in [5.41, 5.74) is 2.30. The Bertz CT molecular complexity index is 682. The molecule has 0 fully saturated rings. The number of nitrogens with zero attached hydrogens (tertiary/aromatic N) is 1. The lowest BCUT2D eigenvalue weighted by atomic mass is 10.2. The molecule has 0 unspecified atom stereocenters. The van der Waals surface area contributed by atoms with Crippen LogP contribution in [0, 0.1) is 13.8 Å². The number of amides is 1. The third-order valence-electron chi connectivity index (χ3n) is 2.60. The molecule has 0 bridgehead atoms. The Morgan fingerprint density at radius 1 is 1.40 bits per heavy atom. The molecule has 2 aromatic rings. The molecule has 1 aromatic heterocycles. The summed E-state index contributed by atoms with van der Waals surface area (Å²) in [6.45, 7) is 3.80. The van der Waals surface area contributed by atoms with Gasteiger partial charge in [-0.25, -0.2) is 9.78 Å². The Balaban J connectivity index is 1.95. The Labute approximate surface area is 120 Å². The van der Waals surface area contributed by atoms with Gasteiger partial charge in [0.05, 0.1) is 10.8 Å². The SMILES string of the molecule is Cc1cccc(NC(=O)CSc2[nH]c(=O)ncc2C)c1. The van der Waals surface area contributed by atoms with Crippen LogP contribution in [0.2, 0.25) is 0 Å². The van der Waals surface area contributed by atoms with Gasteiger partial charge in [-0.15, -0.1) is 0 Å². The van der Waals surface area contributed by atoms with Crippen LogP contribution < -0.4 is 11.0 Å². The van der Waals surface area contributed by atoms with Gasteiger partial charge in [0.2, 0.25) is 5.91 Å². The van der Waals surface area contributed by atoms with Gasteiger partial charge in [-0.05, 0) is 37.1 Å². The summed E-state index contributed by atoms with van der Waals surface area (Å²) in [6, 6.07) is 7.61. The van der Waals surface area contributed by atoms with Gasteiger partial charge >= 0.3 is 5.69 Å². The lowest BCUT2D eigenvalue weighted by Gasteiger charge is -2.07. The molecule has 20 heavy (non-hydrogen) atoms. The molecule has 0 atom stereocenters. The molecule has 0 aliphatic heterocycles. The minimum Gasteiger partial charge on any atom is -0.325 e. The average molecular weight is 289 g/mol. The highest BCUT2D eigenvalue weighted by Crippen LogP contribution is 2.18. The van der Waals surface area contributed by atoms with Crippen molar-refractivity contribution in [1.29, 1.82) is 0 Å². The highest BCUT2D eigenvalue weighted by molar-refractivity contribution is 8.00. The molecule has 0 saturated heterocycles. The van der Waals surface area contributed by atoms with Gasteiger partial charge in [-0.3, -0.25) is 4.79 Å². The maximum absolute atomic E-state index is 11.9. The molecule has 2 N–H and O–H groups in total. The van der Waals surface area contributed by atoms with Crippen LogP contribution in [0.15, 0.2) is 40.3 Å². The molecule has 0 spiro atoms. The van der Waals surface area contributed by atoms with Gasteiger partial charge < -0.3 is 10.3 Å². The van der Waals surface area contributed by atoms with Crippen molar-refractivity contribution in [2.75, 3.05) is 11.1 Å². The van der Waals surface area contributed by atoms with E-state index in [0.717, 1.165) is 16.8 Å². The van der Waals surface area contributed by atoms with E-state index in [-0.39, 0.29) is 11.7 Å². The minimum atomic E-state index is -0.405. The van der Waals surface area contributed by atoms with Crippen LogP contribution in [-0.2, 0) is 4.79 Å². The molecule has 1 amide bonds. The Morgan fingerprint density at radius 2 is 2.20 bits per heavy atom. The largest absolute Gasteiger partial charge is 0.345 e. The number of hydrogen-bond donors (Lipinski definition) is 2. The standard InChI is InChI=1S/C14H15N3O2S/c1-9-4-3-5-11(6-9)16-12(18)8-20-13-10(2)7-15-14(19)17-13/h3-7H,8H2,1-2H3,(H,16,18)(H,15,17,19). The zero-order chi connectivity index (χ0) is 14.5. The lowest BCUT2D eigenvalue weighted by Crippen LogP contribution is -2.16. The number of carbonyl (C=O) groups excluding carboxylic acids is 1. The zero-order valence-corrected chi connectivity index (χ0v) is 12.1. The van der Waals surface area contributed by atoms with Gasteiger partial charge in [0.1, 0.15) is 0 Å². The van der Waals surface area contributed by atoms with Gasteiger partial charge in [0, 0.05) is 11.9 Å². The lowest BCUT2D eigenvalue weighted by molar-refractivity contribution is -0.113. The molecule has 0 aliphatic carbocycles. The number of H-pyrrole nitrogens is 1. The molecule has 0 saturated carbocycles. The third-order valence-corrected chi connectivity index (χ3v) is 3.72. The number of anilines is 1. The molecule has 1 aromatic carbocycles.